The molecule has 0 aliphatic carbocycles. The van der Waals surface area contributed by atoms with Crippen LogP contribution < -0.4 is 9.47 Å². The average molecular weight is 376 g/mol. The Morgan fingerprint density at radius 1 is 0.962 bits per heavy atom. The largest absolute Gasteiger partial charge is 0.496 e. The number of nitrogens with zero attached hydrogens (tertiary/aromatic N) is 1. The fourth-order valence-electron chi connectivity index (χ4n) is 3.65. The van der Waals surface area contributed by atoms with Crippen LogP contribution in [0.1, 0.15) is 24.0 Å². The van der Waals surface area contributed by atoms with Crippen molar-refractivity contribution in [1.82, 2.24) is 4.90 Å². The first kappa shape index (κ1) is 20.6. The van der Waals surface area contributed by atoms with Crippen LogP contribution >= 0.6 is 12.4 Å². The van der Waals surface area contributed by atoms with Crippen LogP contribution in [0.3, 0.4) is 0 Å². The second-order valence-electron chi connectivity index (χ2n) is 7.00. The van der Waals surface area contributed by atoms with Crippen LogP contribution in [0.15, 0.2) is 48.5 Å². The second-order valence-corrected chi connectivity index (χ2v) is 7.00. The van der Waals surface area contributed by atoms with Crippen LogP contribution in [0.4, 0.5) is 0 Å². The van der Waals surface area contributed by atoms with E-state index in [2.05, 4.69) is 48.3 Å². The van der Waals surface area contributed by atoms with Gasteiger partial charge in [-0.3, -0.25) is 0 Å². The lowest BCUT2D eigenvalue weighted by Crippen LogP contribution is -2.34. The number of hydrogen-bond acceptors (Lipinski definition) is 3. The first-order valence-corrected chi connectivity index (χ1v) is 9.27. The van der Waals surface area contributed by atoms with E-state index >= 15 is 0 Å². The van der Waals surface area contributed by atoms with E-state index in [0.29, 0.717) is 5.92 Å². The molecule has 2 aromatic rings. The summed E-state index contributed by atoms with van der Waals surface area (Å²) in [6.45, 7) is 3.17. The Bertz CT molecular complexity index is 677. The highest BCUT2D eigenvalue weighted by molar-refractivity contribution is 5.85. The van der Waals surface area contributed by atoms with E-state index in [4.69, 9.17) is 9.47 Å². The fraction of sp³-hybridized carbons (Fsp3) is 0.455. The van der Waals surface area contributed by atoms with Gasteiger partial charge >= 0.3 is 0 Å². The van der Waals surface area contributed by atoms with Crippen molar-refractivity contribution in [3.05, 3.63) is 59.7 Å². The first-order chi connectivity index (χ1) is 12.3. The monoisotopic (exact) mass is 375 g/mol. The van der Waals surface area contributed by atoms with Gasteiger partial charge in [0.15, 0.2) is 0 Å². The summed E-state index contributed by atoms with van der Waals surface area (Å²) in [5.74, 6) is 2.64. The minimum Gasteiger partial charge on any atom is -0.496 e. The Hall–Kier alpha value is -1.71. The van der Waals surface area contributed by atoms with Gasteiger partial charge in [-0.2, -0.15) is 0 Å². The zero-order valence-corrected chi connectivity index (χ0v) is 16.6. The van der Waals surface area contributed by atoms with Crippen molar-refractivity contribution < 1.29 is 9.47 Å². The summed E-state index contributed by atoms with van der Waals surface area (Å²) < 4.78 is 11.7. The number of ether oxygens (including phenoxy) is 2. The van der Waals surface area contributed by atoms with E-state index in [1.54, 1.807) is 7.11 Å². The standard InChI is InChI=1S/C22H29NO2.ClH/c1-23-15-7-8-18(16-23)17-25-22-12-6-4-10-20(22)14-13-19-9-3-5-11-21(19)24-2;/h3-6,9-12,18H,7-8,13-17H2,1-2H3;1H/t18-;/m1./s1. The molecule has 142 valence electrons. The van der Waals surface area contributed by atoms with E-state index < -0.39 is 0 Å². The van der Waals surface area contributed by atoms with Crippen molar-refractivity contribution in [2.75, 3.05) is 33.9 Å². The van der Waals surface area contributed by atoms with E-state index in [1.165, 1.54) is 30.5 Å². The highest BCUT2D eigenvalue weighted by atomic mass is 35.5. The molecule has 0 bridgehead atoms. The average Bonchev–Trinajstić information content (AvgIpc) is 2.65. The second kappa shape index (κ2) is 10.4. The van der Waals surface area contributed by atoms with Gasteiger partial charge in [-0.1, -0.05) is 36.4 Å². The summed E-state index contributed by atoms with van der Waals surface area (Å²) in [5, 5.41) is 0. The van der Waals surface area contributed by atoms with Crippen molar-refractivity contribution in [3.8, 4) is 11.5 Å². The van der Waals surface area contributed by atoms with Gasteiger partial charge in [-0.05, 0) is 62.5 Å². The third kappa shape index (κ3) is 5.65. The van der Waals surface area contributed by atoms with Gasteiger partial charge in [-0.25, -0.2) is 0 Å². The lowest BCUT2D eigenvalue weighted by Gasteiger charge is -2.29. The number of rotatable bonds is 7. The van der Waals surface area contributed by atoms with E-state index in [9.17, 15) is 0 Å². The number of aryl methyl sites for hydroxylation is 2. The molecule has 1 heterocycles. The molecule has 0 saturated carbocycles. The molecule has 3 rings (SSSR count). The third-order valence-electron chi connectivity index (χ3n) is 5.03. The van der Waals surface area contributed by atoms with Gasteiger partial charge in [0.1, 0.15) is 11.5 Å². The highest BCUT2D eigenvalue weighted by Crippen LogP contribution is 2.25. The number of benzene rings is 2. The van der Waals surface area contributed by atoms with Gasteiger partial charge < -0.3 is 14.4 Å². The predicted octanol–water partition coefficient (Wildman–Crippen LogP) is 4.62. The Morgan fingerprint density at radius 2 is 1.58 bits per heavy atom. The number of piperidine rings is 1. The molecule has 3 nitrogen and oxygen atoms in total. The minimum absolute atomic E-state index is 0. The van der Waals surface area contributed by atoms with Gasteiger partial charge in [0.25, 0.3) is 0 Å². The molecule has 1 aliphatic rings. The van der Waals surface area contributed by atoms with E-state index in [0.717, 1.165) is 37.5 Å². The Morgan fingerprint density at radius 3 is 2.23 bits per heavy atom. The van der Waals surface area contributed by atoms with E-state index in [1.807, 2.05) is 12.1 Å². The van der Waals surface area contributed by atoms with Crippen LogP contribution in [-0.4, -0.2) is 38.8 Å². The van der Waals surface area contributed by atoms with Crippen LogP contribution in [-0.2, 0) is 12.8 Å². The van der Waals surface area contributed by atoms with Crippen LogP contribution in [0.2, 0.25) is 0 Å². The number of methoxy groups -OCH3 is 1. The molecule has 0 unspecified atom stereocenters. The van der Waals surface area contributed by atoms with Crippen LogP contribution in [0.25, 0.3) is 0 Å². The Kier molecular flexibility index (Phi) is 8.27. The number of para-hydroxylation sites is 2. The molecule has 0 amide bonds. The lowest BCUT2D eigenvalue weighted by atomic mass is 9.99. The number of halogens is 1. The molecule has 0 radical (unpaired) electrons. The molecular weight excluding hydrogens is 346 g/mol. The van der Waals surface area contributed by atoms with Crippen LogP contribution in [0, 0.1) is 5.92 Å². The van der Waals surface area contributed by atoms with Crippen molar-refractivity contribution >= 4 is 12.4 Å². The van der Waals surface area contributed by atoms with Gasteiger partial charge in [0, 0.05) is 12.5 Å². The van der Waals surface area contributed by atoms with Gasteiger partial charge in [-0.15, -0.1) is 12.4 Å². The maximum absolute atomic E-state index is 6.21. The molecule has 2 aromatic carbocycles. The van der Waals surface area contributed by atoms with Gasteiger partial charge in [0.05, 0.1) is 13.7 Å². The quantitative estimate of drug-likeness (QED) is 0.704. The summed E-state index contributed by atoms with van der Waals surface area (Å²) >= 11 is 0. The minimum atomic E-state index is 0. The molecule has 1 aliphatic heterocycles. The molecule has 1 fully saturated rings. The maximum Gasteiger partial charge on any atom is 0.122 e. The molecule has 1 atom stereocenters. The smallest absolute Gasteiger partial charge is 0.122 e. The van der Waals surface area contributed by atoms with Crippen molar-refractivity contribution in [2.45, 2.75) is 25.7 Å². The van der Waals surface area contributed by atoms with Crippen molar-refractivity contribution in [2.24, 2.45) is 5.92 Å². The molecule has 4 heteroatoms. The normalized spacial score (nSPS) is 17.4. The van der Waals surface area contributed by atoms with Gasteiger partial charge in [0.2, 0.25) is 0 Å². The Balaban J connectivity index is 0.00000243. The first-order valence-electron chi connectivity index (χ1n) is 9.27. The maximum atomic E-state index is 6.21. The molecule has 0 N–H and O–H groups in total. The number of likely N-dealkylation sites (tertiary alicyclic amines) is 1. The van der Waals surface area contributed by atoms with Crippen molar-refractivity contribution in [3.63, 3.8) is 0 Å². The lowest BCUT2D eigenvalue weighted by molar-refractivity contribution is 0.150. The molecular formula is C22H30ClNO2. The van der Waals surface area contributed by atoms with Crippen LogP contribution in [0.5, 0.6) is 11.5 Å². The molecule has 0 spiro atoms. The third-order valence-corrected chi connectivity index (χ3v) is 5.03. The Labute approximate surface area is 163 Å². The SMILES string of the molecule is COc1ccccc1CCc1ccccc1OC[C@@H]1CCCN(C)C1.Cl. The zero-order chi connectivity index (χ0) is 17.5. The summed E-state index contributed by atoms with van der Waals surface area (Å²) in [6.07, 6.45) is 4.46. The summed E-state index contributed by atoms with van der Waals surface area (Å²) in [6, 6.07) is 16.7. The predicted molar refractivity (Wildman–Crippen MR) is 110 cm³/mol. The number of hydrogen-bond donors (Lipinski definition) is 0. The topological polar surface area (TPSA) is 21.7 Å². The summed E-state index contributed by atoms with van der Waals surface area (Å²) in [5.41, 5.74) is 2.52. The fourth-order valence-corrected chi connectivity index (χ4v) is 3.65. The highest BCUT2D eigenvalue weighted by Gasteiger charge is 2.18. The molecule has 0 aromatic heterocycles. The van der Waals surface area contributed by atoms with Crippen molar-refractivity contribution in [1.29, 1.82) is 0 Å². The summed E-state index contributed by atoms with van der Waals surface area (Å²) in [7, 11) is 3.93. The summed E-state index contributed by atoms with van der Waals surface area (Å²) in [4.78, 5) is 2.41. The molecule has 1 saturated heterocycles. The molecule has 26 heavy (non-hydrogen) atoms. The zero-order valence-electron chi connectivity index (χ0n) is 15.8. The van der Waals surface area contributed by atoms with E-state index in [-0.39, 0.29) is 12.4 Å².